The fourth-order valence-electron chi connectivity index (χ4n) is 5.96. The number of carbonyl (C=O) groups excluding carboxylic acids is 3. The smallest absolute Gasteiger partial charge is 0 e. The first-order valence-electron chi connectivity index (χ1n) is 19.7. The van der Waals surface area contributed by atoms with E-state index in [2.05, 4.69) is 50.8 Å². The van der Waals surface area contributed by atoms with Gasteiger partial charge in [0.05, 0.1) is 17.3 Å². The van der Waals surface area contributed by atoms with Gasteiger partial charge in [-0.25, -0.2) is 14.4 Å². The van der Waals surface area contributed by atoms with E-state index in [1.165, 1.54) is 0 Å². The van der Waals surface area contributed by atoms with Crippen molar-refractivity contribution in [1.82, 2.24) is 30.8 Å². The number of nitrogens with zero attached hydrogens (tertiary/aromatic N) is 3. The molecule has 2 aromatic rings. The van der Waals surface area contributed by atoms with Gasteiger partial charge in [-0.15, -0.1) is 0 Å². The number of aliphatic carboxylic acids is 4. The number of aromatic nitrogens is 2. The number of pyridine rings is 2. The molecule has 0 aliphatic carbocycles. The number of amides is 3. The molecule has 63 heavy (non-hydrogen) atoms. The minimum absolute atomic E-state index is 0. The number of carbonyl (C=O) groups is 7. The summed E-state index contributed by atoms with van der Waals surface area (Å²) < 4.78 is 22.5. The Labute approximate surface area is 380 Å². The van der Waals surface area contributed by atoms with Crippen LogP contribution in [0.15, 0.2) is 48.8 Å². The van der Waals surface area contributed by atoms with E-state index in [0.29, 0.717) is 58.2 Å². The van der Waals surface area contributed by atoms with Gasteiger partial charge in [0.15, 0.2) is 0 Å². The zero-order chi connectivity index (χ0) is 47.1. The van der Waals surface area contributed by atoms with E-state index in [-0.39, 0.29) is 64.2 Å². The van der Waals surface area contributed by atoms with Crippen molar-refractivity contribution in [2.45, 2.75) is 121 Å². The maximum absolute atomic E-state index is 12.6. The monoisotopic (exact) mass is 1060 g/mol. The van der Waals surface area contributed by atoms with Gasteiger partial charge in [0.1, 0.15) is 17.9 Å². The molecule has 20 nitrogen and oxygen atoms in total. The molecule has 0 saturated heterocycles. The van der Waals surface area contributed by atoms with Crippen LogP contribution in [0.4, 0.5) is 4.79 Å². The molecule has 2 aromatic heterocycles. The molecule has 0 aliphatic rings. The Morgan fingerprint density at radius 3 is 1.59 bits per heavy atom. The van der Waals surface area contributed by atoms with Crippen LogP contribution in [0.5, 0.6) is 0 Å². The average molecular weight is 1060 g/mol. The maximum Gasteiger partial charge on any atom is 0 e. The molecule has 21 heteroatoms. The van der Waals surface area contributed by atoms with Gasteiger partial charge < -0.3 is 36.4 Å². The zero-order valence-electron chi connectivity index (χ0n) is 34.9. The van der Waals surface area contributed by atoms with Crippen LogP contribution < -0.4 is 16.0 Å². The largest absolute Gasteiger partial charge is 0 e. The van der Waals surface area contributed by atoms with Crippen molar-refractivity contribution in [2.75, 3.05) is 13.1 Å². The Bertz CT molecular complexity index is 1630. The molecule has 2 heterocycles. The number of rotatable bonds is 31. The van der Waals surface area contributed by atoms with Gasteiger partial charge in [-0.2, -0.15) is 0 Å². The number of ketones is 1. The summed E-state index contributed by atoms with van der Waals surface area (Å²) in [7, 11) is 0. The second-order valence-corrected chi connectivity index (χ2v) is 13.7. The van der Waals surface area contributed by atoms with E-state index >= 15 is 0 Å². The van der Waals surface area contributed by atoms with Crippen LogP contribution in [-0.2, 0) is 76.2 Å². The molecule has 0 saturated carbocycles. The fraction of sp³-hybridized carbons (Fsp3) is 0.524. The second-order valence-electron chi connectivity index (χ2n) is 13.7. The summed E-state index contributed by atoms with van der Waals surface area (Å²) >= 11 is 0. The quantitative estimate of drug-likeness (QED) is 0.0320. The van der Waals surface area contributed by atoms with Crippen molar-refractivity contribution < 1.29 is 88.4 Å². The first-order chi connectivity index (χ1) is 29.8. The fourth-order valence-corrected chi connectivity index (χ4v) is 5.96. The number of carboxylic acids is 4. The number of unbranched alkanes of at least 4 members (excludes halogenated alkanes) is 5. The summed E-state index contributed by atoms with van der Waals surface area (Å²) in [5.41, 5.74) is 1.88. The number of Topliss-reactive ketones (excluding diaryl/α,β-unsaturated/α-hetero) is 1. The minimum atomic E-state index is -1.49. The van der Waals surface area contributed by atoms with Gasteiger partial charge in [-0.3, -0.25) is 34.0 Å². The van der Waals surface area contributed by atoms with E-state index in [0.717, 1.165) is 37.2 Å². The van der Waals surface area contributed by atoms with E-state index in [9.17, 15) is 43.8 Å². The summed E-state index contributed by atoms with van der Waals surface area (Å²) in [6.07, 6.45) is 8.55. The predicted octanol–water partition coefficient (Wildman–Crippen LogP) is 3.89. The van der Waals surface area contributed by atoms with Crippen LogP contribution in [-0.4, -0.2) is 102 Å². The van der Waals surface area contributed by atoms with Crippen LogP contribution in [0, 0.1) is 25.9 Å². The molecule has 3 atom stereocenters. The number of hydrogen-bond donors (Lipinski definition) is 7. The Balaban J connectivity index is -0.00000492. The molecule has 1 radical (unpaired) electrons. The molecule has 2 rings (SSSR count). The maximum atomic E-state index is 12.6. The summed E-state index contributed by atoms with van der Waals surface area (Å²) in [5.74, 6) is -5.96. The third kappa shape index (κ3) is 32.8. The number of carboxylic acid groups (broad SMARTS) is 4. The SMILES string of the molecule is O=C(O)CC[C@H](NC(=O)N[C@@H](CCCCNC(=O)CCCCCCC(=O)C[C@@H](CCCCN(Cc1ccccn1)Cc1ccccn1)C(=O)O)C(=O)O)C(=O)O.[C-]#[O+].[C-]#[O+].[C-]#[O+].[Re]. The third-order valence-corrected chi connectivity index (χ3v) is 9.03. The van der Waals surface area contributed by atoms with Crippen molar-refractivity contribution in [1.29, 1.82) is 0 Å². The normalized spacial score (nSPS) is 11.3. The molecule has 0 bridgehead atoms. The molecule has 7 N–H and O–H groups in total. The topological polar surface area (TPSA) is 325 Å². The van der Waals surface area contributed by atoms with Gasteiger partial charge >= 0.3 is 63.8 Å². The summed E-state index contributed by atoms with van der Waals surface area (Å²) in [6.45, 7) is 15.8. The second kappa shape index (κ2) is 40.5. The molecule has 3 amide bonds. The molecule has 0 aromatic carbocycles. The summed E-state index contributed by atoms with van der Waals surface area (Å²) in [5, 5.41) is 44.1. The Morgan fingerprint density at radius 2 is 1.11 bits per heavy atom. The Kier molecular flexibility index (Phi) is 39.7. The van der Waals surface area contributed by atoms with Gasteiger partial charge in [0.2, 0.25) is 5.91 Å². The van der Waals surface area contributed by atoms with Crippen molar-refractivity contribution >= 4 is 41.6 Å². The molecular formula is C42H56N6O14Re. The van der Waals surface area contributed by atoms with Gasteiger partial charge in [0.25, 0.3) is 0 Å². The third-order valence-electron chi connectivity index (χ3n) is 9.03. The van der Waals surface area contributed by atoms with Crippen molar-refractivity contribution in [3.8, 4) is 0 Å². The van der Waals surface area contributed by atoms with Crippen LogP contribution in [0.25, 0.3) is 0 Å². The van der Waals surface area contributed by atoms with Crippen molar-refractivity contribution in [3.05, 3.63) is 80.1 Å². The Morgan fingerprint density at radius 1 is 0.603 bits per heavy atom. The average Bonchev–Trinajstić information content (AvgIpc) is 3.26. The number of hydrogen-bond acceptors (Lipinski definition) is 10. The van der Waals surface area contributed by atoms with Crippen molar-refractivity contribution in [2.24, 2.45) is 5.92 Å². The molecule has 0 spiro atoms. The van der Waals surface area contributed by atoms with E-state index in [1.807, 2.05) is 36.4 Å². The van der Waals surface area contributed by atoms with Gasteiger partial charge in [-0.05, 0) is 82.2 Å². The molecule has 345 valence electrons. The van der Waals surface area contributed by atoms with Crippen LogP contribution in [0.3, 0.4) is 0 Å². The van der Waals surface area contributed by atoms with Crippen LogP contribution >= 0.6 is 0 Å². The van der Waals surface area contributed by atoms with Gasteiger partial charge in [0, 0.05) is 78.1 Å². The molecule has 0 fully saturated rings. The predicted molar refractivity (Wildman–Crippen MR) is 215 cm³/mol. The van der Waals surface area contributed by atoms with Crippen LogP contribution in [0.1, 0.15) is 108 Å². The minimum Gasteiger partial charge on any atom is 0 e. The summed E-state index contributed by atoms with van der Waals surface area (Å²) in [6, 6.07) is 7.71. The standard InChI is InChI=1S/C39H56N6O11.3CO.Re/c46-31(25-28(36(50)51)13-8-12-24-45(26-29-14-5-9-21-40-29)27-30-15-6-10-22-41-30)16-3-1-2-4-18-34(47)42-23-11-7-17-32(37(52)53)43-39(56)44-33(38(54)55)19-20-35(48)49;3*1-2;/h5-6,9-10,14-15,21-22,28,32-33H,1-4,7-8,11-13,16-20,23-27H2,(H,42,47)(H,48,49)(H,50,51)(H,52,53)(H,54,55)(H2,43,44,56);;;;/t28-,32+,33+;;;;/m1..../s1. The number of urea groups is 1. The first kappa shape index (κ1) is 61.7. The first-order valence-corrected chi connectivity index (χ1v) is 19.7. The Hall–Kier alpha value is -5.57. The molecular weight excluding hydrogens is 999 g/mol. The van der Waals surface area contributed by atoms with E-state index in [4.69, 9.17) is 24.2 Å². The summed E-state index contributed by atoms with van der Waals surface area (Å²) in [4.78, 5) is 93.4. The van der Waals surface area contributed by atoms with Crippen molar-refractivity contribution in [3.63, 3.8) is 0 Å². The van der Waals surface area contributed by atoms with Crippen LogP contribution in [0.2, 0.25) is 0 Å². The molecule has 0 aliphatic heterocycles. The van der Waals surface area contributed by atoms with Gasteiger partial charge in [-0.1, -0.05) is 31.4 Å². The van der Waals surface area contributed by atoms with E-state index < -0.39 is 54.3 Å². The number of nitrogens with one attached hydrogen (secondary N) is 3. The van der Waals surface area contributed by atoms with E-state index in [1.54, 1.807) is 12.4 Å². The zero-order valence-corrected chi connectivity index (χ0v) is 37.6. The molecule has 0 unspecified atom stereocenters.